The third-order valence-electron chi connectivity index (χ3n) is 2.77. The monoisotopic (exact) mass is 262 g/mol. The molecule has 1 unspecified atom stereocenters. The van der Waals surface area contributed by atoms with Crippen molar-refractivity contribution in [2.75, 3.05) is 5.32 Å². The second-order valence-corrected chi connectivity index (χ2v) is 4.27. The molecule has 7 nitrogen and oxygen atoms in total. The van der Waals surface area contributed by atoms with Crippen molar-refractivity contribution < 1.29 is 10.0 Å². The first-order valence-electron chi connectivity index (χ1n) is 5.70. The lowest BCUT2D eigenvalue weighted by Gasteiger charge is -2.13. The molecular weight excluding hydrogens is 248 g/mol. The van der Waals surface area contributed by atoms with Crippen LogP contribution in [-0.4, -0.2) is 19.8 Å². The lowest BCUT2D eigenvalue weighted by molar-refractivity contribution is -0.384. The normalized spacial score (nSPS) is 12.1. The highest BCUT2D eigenvalue weighted by Gasteiger charge is 2.17. The smallest absolute Gasteiger partial charge is 0.296 e. The Kier molecular flexibility index (Phi) is 3.37. The van der Waals surface area contributed by atoms with Crippen LogP contribution < -0.4 is 5.32 Å². The summed E-state index contributed by atoms with van der Waals surface area (Å²) in [5, 5.41) is 27.3. The number of aryl methyl sites for hydroxylation is 1. The van der Waals surface area contributed by atoms with E-state index in [4.69, 9.17) is 0 Å². The number of phenols is 1. The van der Waals surface area contributed by atoms with Gasteiger partial charge in [0.1, 0.15) is 11.4 Å². The van der Waals surface area contributed by atoms with Crippen LogP contribution in [-0.2, 0) is 7.05 Å². The maximum atomic E-state index is 10.9. The predicted molar refractivity (Wildman–Crippen MR) is 70.0 cm³/mol. The number of nitro benzene ring substituents is 1. The second-order valence-electron chi connectivity index (χ2n) is 4.27. The van der Waals surface area contributed by atoms with Crippen molar-refractivity contribution in [1.29, 1.82) is 0 Å². The standard InChI is InChI=1S/C12H14N4O3/c1-8(9-6-13-15(2)7-9)14-11-4-3-10(17)5-12(11)16(18)19/h3-8,14,17H,1-2H3. The fourth-order valence-corrected chi connectivity index (χ4v) is 1.77. The molecule has 0 bridgehead atoms. The van der Waals surface area contributed by atoms with Gasteiger partial charge in [-0.3, -0.25) is 14.8 Å². The highest BCUT2D eigenvalue weighted by Crippen LogP contribution is 2.31. The number of nitrogens with one attached hydrogen (secondary N) is 1. The van der Waals surface area contributed by atoms with Crippen LogP contribution in [0.1, 0.15) is 18.5 Å². The zero-order valence-electron chi connectivity index (χ0n) is 10.6. The molecular formula is C12H14N4O3. The van der Waals surface area contributed by atoms with Crippen LogP contribution in [0.2, 0.25) is 0 Å². The van der Waals surface area contributed by atoms with Crippen LogP contribution in [0, 0.1) is 10.1 Å². The van der Waals surface area contributed by atoms with Gasteiger partial charge < -0.3 is 10.4 Å². The number of aromatic nitrogens is 2. The summed E-state index contributed by atoms with van der Waals surface area (Å²) in [5.74, 6) is -0.133. The van der Waals surface area contributed by atoms with Crippen LogP contribution in [0.4, 0.5) is 11.4 Å². The van der Waals surface area contributed by atoms with Gasteiger partial charge in [0.2, 0.25) is 0 Å². The molecule has 1 aromatic heterocycles. The van der Waals surface area contributed by atoms with Gasteiger partial charge in [0, 0.05) is 18.8 Å². The lowest BCUT2D eigenvalue weighted by Crippen LogP contribution is -2.07. The van der Waals surface area contributed by atoms with Crippen LogP contribution in [0.15, 0.2) is 30.6 Å². The summed E-state index contributed by atoms with van der Waals surface area (Å²) in [6, 6.07) is 3.89. The van der Waals surface area contributed by atoms with E-state index in [0.717, 1.165) is 11.6 Å². The molecule has 0 aliphatic rings. The molecule has 0 aliphatic heterocycles. The topological polar surface area (TPSA) is 93.2 Å². The summed E-state index contributed by atoms with van der Waals surface area (Å²) in [7, 11) is 1.80. The third-order valence-corrected chi connectivity index (χ3v) is 2.77. The molecule has 19 heavy (non-hydrogen) atoms. The summed E-state index contributed by atoms with van der Waals surface area (Å²) >= 11 is 0. The number of hydrogen-bond donors (Lipinski definition) is 2. The van der Waals surface area contributed by atoms with E-state index >= 15 is 0 Å². The minimum Gasteiger partial charge on any atom is -0.508 e. The van der Waals surface area contributed by atoms with Crippen molar-refractivity contribution in [1.82, 2.24) is 9.78 Å². The molecule has 7 heteroatoms. The van der Waals surface area contributed by atoms with Gasteiger partial charge in [-0.2, -0.15) is 5.10 Å². The molecule has 1 atom stereocenters. The number of benzene rings is 1. The number of aromatic hydroxyl groups is 1. The first-order chi connectivity index (χ1) is 8.97. The van der Waals surface area contributed by atoms with Crippen molar-refractivity contribution >= 4 is 11.4 Å². The molecule has 0 fully saturated rings. The van der Waals surface area contributed by atoms with Gasteiger partial charge in [-0.05, 0) is 19.1 Å². The van der Waals surface area contributed by atoms with E-state index in [1.165, 1.54) is 12.1 Å². The van der Waals surface area contributed by atoms with Crippen molar-refractivity contribution in [3.63, 3.8) is 0 Å². The molecule has 1 aromatic carbocycles. The Morgan fingerprint density at radius 1 is 1.53 bits per heavy atom. The Morgan fingerprint density at radius 3 is 2.84 bits per heavy atom. The number of anilines is 1. The Labute approximate surface area is 109 Å². The van der Waals surface area contributed by atoms with Crippen LogP contribution in [0.3, 0.4) is 0 Å². The molecule has 0 radical (unpaired) electrons. The van der Waals surface area contributed by atoms with Crippen LogP contribution in [0.25, 0.3) is 0 Å². The van der Waals surface area contributed by atoms with Gasteiger partial charge in [-0.1, -0.05) is 0 Å². The minimum atomic E-state index is -0.530. The molecule has 2 N–H and O–H groups in total. The van der Waals surface area contributed by atoms with E-state index in [1.54, 1.807) is 17.9 Å². The highest BCUT2D eigenvalue weighted by atomic mass is 16.6. The van der Waals surface area contributed by atoms with Crippen molar-refractivity contribution in [2.45, 2.75) is 13.0 Å². The van der Waals surface area contributed by atoms with Crippen LogP contribution >= 0.6 is 0 Å². The minimum absolute atomic E-state index is 0.128. The average molecular weight is 262 g/mol. The lowest BCUT2D eigenvalue weighted by atomic mass is 10.1. The molecule has 100 valence electrons. The Morgan fingerprint density at radius 2 is 2.26 bits per heavy atom. The molecule has 0 aliphatic carbocycles. The van der Waals surface area contributed by atoms with Gasteiger partial charge in [-0.15, -0.1) is 0 Å². The molecule has 2 aromatic rings. The van der Waals surface area contributed by atoms with Gasteiger partial charge >= 0.3 is 0 Å². The van der Waals surface area contributed by atoms with E-state index in [1.807, 2.05) is 13.1 Å². The maximum absolute atomic E-state index is 10.9. The number of nitro groups is 1. The summed E-state index contributed by atoms with van der Waals surface area (Å²) in [5.41, 5.74) is 1.12. The summed E-state index contributed by atoms with van der Waals surface area (Å²) in [4.78, 5) is 10.4. The molecule has 1 heterocycles. The Bertz CT molecular complexity index is 609. The van der Waals surface area contributed by atoms with E-state index in [2.05, 4.69) is 10.4 Å². The fraction of sp³-hybridized carbons (Fsp3) is 0.250. The van der Waals surface area contributed by atoms with Crippen molar-refractivity contribution in [3.05, 3.63) is 46.3 Å². The van der Waals surface area contributed by atoms with Crippen molar-refractivity contribution in [3.8, 4) is 5.75 Å². The van der Waals surface area contributed by atoms with E-state index in [9.17, 15) is 15.2 Å². The molecule has 0 saturated carbocycles. The SMILES string of the molecule is CC(Nc1ccc(O)cc1[N+](=O)[O-])c1cnn(C)c1. The summed E-state index contributed by atoms with van der Waals surface area (Å²) < 4.78 is 1.67. The number of phenolic OH excluding ortho intramolecular Hbond substituents is 1. The van der Waals surface area contributed by atoms with E-state index < -0.39 is 4.92 Å². The number of rotatable bonds is 4. The summed E-state index contributed by atoms with van der Waals surface area (Å²) in [6.45, 7) is 1.88. The largest absolute Gasteiger partial charge is 0.508 e. The average Bonchev–Trinajstić information content (AvgIpc) is 2.78. The fourth-order valence-electron chi connectivity index (χ4n) is 1.77. The zero-order chi connectivity index (χ0) is 14.0. The van der Waals surface area contributed by atoms with Gasteiger partial charge in [0.05, 0.1) is 23.2 Å². The van der Waals surface area contributed by atoms with Crippen LogP contribution in [0.5, 0.6) is 5.75 Å². The molecule has 0 spiro atoms. The zero-order valence-corrected chi connectivity index (χ0v) is 10.6. The van der Waals surface area contributed by atoms with Crippen molar-refractivity contribution in [2.24, 2.45) is 7.05 Å². The maximum Gasteiger partial charge on any atom is 0.296 e. The van der Waals surface area contributed by atoms with E-state index in [-0.39, 0.29) is 17.5 Å². The number of hydrogen-bond acceptors (Lipinski definition) is 5. The van der Waals surface area contributed by atoms with Gasteiger partial charge in [0.15, 0.2) is 0 Å². The third kappa shape index (κ3) is 2.82. The Balaban J connectivity index is 2.26. The predicted octanol–water partition coefficient (Wildman–Crippen LogP) is 2.21. The van der Waals surface area contributed by atoms with Gasteiger partial charge in [0.25, 0.3) is 5.69 Å². The number of nitrogens with zero attached hydrogens (tertiary/aromatic N) is 3. The molecule has 2 rings (SSSR count). The Hall–Kier alpha value is -2.57. The molecule has 0 saturated heterocycles. The van der Waals surface area contributed by atoms with E-state index in [0.29, 0.717) is 5.69 Å². The molecule has 0 amide bonds. The first-order valence-corrected chi connectivity index (χ1v) is 5.70. The highest BCUT2D eigenvalue weighted by molar-refractivity contribution is 5.64. The second kappa shape index (κ2) is 4.97. The first kappa shape index (κ1) is 12.9. The summed E-state index contributed by atoms with van der Waals surface area (Å²) in [6.07, 6.45) is 3.54. The van der Waals surface area contributed by atoms with Gasteiger partial charge in [-0.25, -0.2) is 0 Å². The quantitative estimate of drug-likeness (QED) is 0.500.